The van der Waals surface area contributed by atoms with Gasteiger partial charge in [0.25, 0.3) is 0 Å². The SMILES string of the molecule is CCNCc1cn(C(C)C)cn1. The van der Waals surface area contributed by atoms with Gasteiger partial charge >= 0.3 is 0 Å². The van der Waals surface area contributed by atoms with Gasteiger partial charge in [0, 0.05) is 18.8 Å². The van der Waals surface area contributed by atoms with E-state index in [1.807, 2.05) is 6.33 Å². The van der Waals surface area contributed by atoms with Crippen molar-refractivity contribution in [3.05, 3.63) is 18.2 Å². The predicted molar refractivity (Wildman–Crippen MR) is 50.0 cm³/mol. The van der Waals surface area contributed by atoms with Crippen molar-refractivity contribution >= 4 is 0 Å². The predicted octanol–water partition coefficient (Wildman–Crippen LogP) is 1.57. The zero-order valence-electron chi connectivity index (χ0n) is 8.04. The summed E-state index contributed by atoms with van der Waals surface area (Å²) >= 11 is 0. The van der Waals surface area contributed by atoms with Gasteiger partial charge in [0.2, 0.25) is 0 Å². The maximum Gasteiger partial charge on any atom is 0.0952 e. The third-order valence-electron chi connectivity index (χ3n) is 1.81. The van der Waals surface area contributed by atoms with Crippen LogP contribution in [-0.4, -0.2) is 16.1 Å². The molecule has 0 aliphatic heterocycles. The van der Waals surface area contributed by atoms with Crippen LogP contribution >= 0.6 is 0 Å². The molecular formula is C9H17N3. The number of rotatable bonds is 4. The highest BCUT2D eigenvalue weighted by Gasteiger charge is 1.99. The van der Waals surface area contributed by atoms with Crippen LogP contribution in [0.2, 0.25) is 0 Å². The van der Waals surface area contributed by atoms with Crippen molar-refractivity contribution in [2.75, 3.05) is 6.54 Å². The minimum Gasteiger partial charge on any atom is -0.335 e. The van der Waals surface area contributed by atoms with E-state index in [0.29, 0.717) is 6.04 Å². The first-order valence-electron chi connectivity index (χ1n) is 4.47. The Hall–Kier alpha value is -0.830. The van der Waals surface area contributed by atoms with E-state index >= 15 is 0 Å². The van der Waals surface area contributed by atoms with Gasteiger partial charge in [0.05, 0.1) is 12.0 Å². The van der Waals surface area contributed by atoms with Crippen LogP contribution in [0.25, 0.3) is 0 Å². The first-order valence-corrected chi connectivity index (χ1v) is 4.47. The summed E-state index contributed by atoms with van der Waals surface area (Å²) in [6.07, 6.45) is 3.98. The van der Waals surface area contributed by atoms with E-state index < -0.39 is 0 Å². The second kappa shape index (κ2) is 4.26. The first-order chi connectivity index (χ1) is 5.74. The maximum atomic E-state index is 4.28. The van der Waals surface area contributed by atoms with Gasteiger partial charge in [-0.05, 0) is 20.4 Å². The molecule has 0 saturated carbocycles. The number of nitrogens with zero attached hydrogens (tertiary/aromatic N) is 2. The zero-order chi connectivity index (χ0) is 8.97. The van der Waals surface area contributed by atoms with Crippen molar-refractivity contribution in [1.29, 1.82) is 0 Å². The van der Waals surface area contributed by atoms with Crippen molar-refractivity contribution in [3.63, 3.8) is 0 Å². The third kappa shape index (κ3) is 2.34. The fourth-order valence-electron chi connectivity index (χ4n) is 1.01. The summed E-state index contributed by atoms with van der Waals surface area (Å²) in [5, 5.41) is 3.24. The van der Waals surface area contributed by atoms with Crippen molar-refractivity contribution in [2.24, 2.45) is 0 Å². The Bertz CT molecular complexity index is 227. The van der Waals surface area contributed by atoms with E-state index in [0.717, 1.165) is 18.8 Å². The molecule has 68 valence electrons. The minimum absolute atomic E-state index is 0.507. The largest absolute Gasteiger partial charge is 0.335 e. The molecule has 1 N–H and O–H groups in total. The molecule has 1 aromatic heterocycles. The molecule has 0 unspecified atom stereocenters. The van der Waals surface area contributed by atoms with Crippen molar-refractivity contribution in [1.82, 2.24) is 14.9 Å². The van der Waals surface area contributed by atoms with E-state index in [9.17, 15) is 0 Å². The maximum absolute atomic E-state index is 4.28. The van der Waals surface area contributed by atoms with Gasteiger partial charge in [-0.1, -0.05) is 6.92 Å². The normalized spacial score (nSPS) is 11.0. The number of imidazole rings is 1. The Morgan fingerprint density at radius 1 is 1.58 bits per heavy atom. The molecule has 0 radical (unpaired) electrons. The summed E-state index contributed by atoms with van der Waals surface area (Å²) in [6.45, 7) is 8.27. The summed E-state index contributed by atoms with van der Waals surface area (Å²) in [5.74, 6) is 0. The molecule has 0 aliphatic rings. The van der Waals surface area contributed by atoms with E-state index in [4.69, 9.17) is 0 Å². The molecule has 0 atom stereocenters. The molecule has 12 heavy (non-hydrogen) atoms. The van der Waals surface area contributed by atoms with Gasteiger partial charge in [-0.2, -0.15) is 0 Å². The van der Waals surface area contributed by atoms with Crippen molar-refractivity contribution in [2.45, 2.75) is 33.4 Å². The Kier molecular flexibility index (Phi) is 3.29. The molecule has 0 aromatic carbocycles. The highest BCUT2D eigenvalue weighted by molar-refractivity contribution is 4.96. The Morgan fingerprint density at radius 3 is 2.83 bits per heavy atom. The number of aromatic nitrogens is 2. The van der Waals surface area contributed by atoms with E-state index in [2.05, 4.69) is 41.8 Å². The molecule has 1 rings (SSSR count). The second-order valence-electron chi connectivity index (χ2n) is 3.19. The zero-order valence-corrected chi connectivity index (χ0v) is 8.04. The van der Waals surface area contributed by atoms with Gasteiger partial charge in [0.1, 0.15) is 0 Å². The second-order valence-corrected chi connectivity index (χ2v) is 3.19. The van der Waals surface area contributed by atoms with Crippen LogP contribution < -0.4 is 5.32 Å². The lowest BCUT2D eigenvalue weighted by atomic mass is 10.4. The molecule has 0 bridgehead atoms. The molecule has 1 aromatic rings. The molecule has 3 nitrogen and oxygen atoms in total. The minimum atomic E-state index is 0.507. The van der Waals surface area contributed by atoms with Crippen LogP contribution in [0, 0.1) is 0 Å². The molecule has 0 spiro atoms. The summed E-state index contributed by atoms with van der Waals surface area (Å²) in [7, 11) is 0. The average Bonchev–Trinajstić information content (AvgIpc) is 2.48. The molecule has 0 amide bonds. The summed E-state index contributed by atoms with van der Waals surface area (Å²) < 4.78 is 2.12. The van der Waals surface area contributed by atoms with Crippen LogP contribution in [0.5, 0.6) is 0 Å². The van der Waals surface area contributed by atoms with Crippen LogP contribution in [0.1, 0.15) is 32.5 Å². The van der Waals surface area contributed by atoms with Crippen LogP contribution in [-0.2, 0) is 6.54 Å². The standard InChI is InChI=1S/C9H17N3/c1-4-10-5-9-6-12(7-11-9)8(2)3/h6-8,10H,4-5H2,1-3H3. The van der Waals surface area contributed by atoms with Gasteiger partial charge in [0.15, 0.2) is 0 Å². The van der Waals surface area contributed by atoms with E-state index in [-0.39, 0.29) is 0 Å². The number of hydrogen-bond acceptors (Lipinski definition) is 2. The highest BCUT2D eigenvalue weighted by Crippen LogP contribution is 2.04. The first kappa shape index (κ1) is 9.26. The highest BCUT2D eigenvalue weighted by atomic mass is 15.1. The number of nitrogens with one attached hydrogen (secondary N) is 1. The fraction of sp³-hybridized carbons (Fsp3) is 0.667. The van der Waals surface area contributed by atoms with Gasteiger partial charge < -0.3 is 9.88 Å². The topological polar surface area (TPSA) is 29.9 Å². The monoisotopic (exact) mass is 167 g/mol. The average molecular weight is 167 g/mol. The molecule has 0 saturated heterocycles. The lowest BCUT2D eigenvalue weighted by molar-refractivity contribution is 0.598. The number of hydrogen-bond donors (Lipinski definition) is 1. The molecule has 0 fully saturated rings. The Balaban J connectivity index is 2.52. The van der Waals surface area contributed by atoms with Crippen molar-refractivity contribution in [3.8, 4) is 0 Å². The smallest absolute Gasteiger partial charge is 0.0952 e. The fourth-order valence-corrected chi connectivity index (χ4v) is 1.01. The summed E-state index contributed by atoms with van der Waals surface area (Å²) in [4.78, 5) is 4.28. The Morgan fingerprint density at radius 2 is 2.33 bits per heavy atom. The molecule has 3 heteroatoms. The van der Waals surface area contributed by atoms with Gasteiger partial charge in [-0.15, -0.1) is 0 Å². The van der Waals surface area contributed by atoms with Crippen LogP contribution in [0.3, 0.4) is 0 Å². The van der Waals surface area contributed by atoms with Gasteiger partial charge in [-0.3, -0.25) is 0 Å². The Labute approximate surface area is 73.8 Å². The lowest BCUT2D eigenvalue weighted by Gasteiger charge is -2.03. The summed E-state index contributed by atoms with van der Waals surface area (Å²) in [5.41, 5.74) is 1.12. The van der Waals surface area contributed by atoms with Gasteiger partial charge in [-0.25, -0.2) is 4.98 Å². The quantitative estimate of drug-likeness (QED) is 0.737. The summed E-state index contributed by atoms with van der Waals surface area (Å²) in [6, 6.07) is 0.507. The third-order valence-corrected chi connectivity index (χ3v) is 1.81. The van der Waals surface area contributed by atoms with E-state index in [1.54, 1.807) is 0 Å². The molecule has 1 heterocycles. The van der Waals surface area contributed by atoms with Crippen molar-refractivity contribution < 1.29 is 0 Å². The lowest BCUT2D eigenvalue weighted by Crippen LogP contribution is -2.11. The molecular weight excluding hydrogens is 150 g/mol. The van der Waals surface area contributed by atoms with Crippen LogP contribution in [0.15, 0.2) is 12.5 Å². The van der Waals surface area contributed by atoms with E-state index in [1.165, 1.54) is 0 Å². The molecule has 0 aliphatic carbocycles. The van der Waals surface area contributed by atoms with Crippen LogP contribution in [0.4, 0.5) is 0 Å².